The SMILES string of the molecule is C=C(N1CCC1)N1CC[C@H](NS(C)(=O)=O)[C@@H]1Cc1cccc(C#CC2CCC2)c1F. The van der Waals surface area contributed by atoms with Crippen LogP contribution in [-0.4, -0.2) is 56.2 Å². The monoisotopic (exact) mass is 431 g/mol. The van der Waals surface area contributed by atoms with Crippen molar-refractivity contribution >= 4 is 10.0 Å². The van der Waals surface area contributed by atoms with Gasteiger partial charge in [-0.05, 0) is 43.7 Å². The summed E-state index contributed by atoms with van der Waals surface area (Å²) in [7, 11) is -3.36. The Hall–Kier alpha value is -2.04. The van der Waals surface area contributed by atoms with Gasteiger partial charge in [-0.2, -0.15) is 0 Å². The molecule has 5 nitrogen and oxygen atoms in total. The van der Waals surface area contributed by atoms with Crippen LogP contribution in [0.3, 0.4) is 0 Å². The predicted molar refractivity (Wildman–Crippen MR) is 117 cm³/mol. The second-order valence-electron chi connectivity index (χ2n) is 8.68. The van der Waals surface area contributed by atoms with Crippen LogP contribution < -0.4 is 4.72 Å². The van der Waals surface area contributed by atoms with E-state index in [0.717, 1.165) is 38.2 Å². The topological polar surface area (TPSA) is 52.6 Å². The van der Waals surface area contributed by atoms with E-state index in [1.807, 2.05) is 6.07 Å². The lowest BCUT2D eigenvalue weighted by atomic mass is 9.86. The van der Waals surface area contributed by atoms with Crippen LogP contribution in [-0.2, 0) is 16.4 Å². The highest BCUT2D eigenvalue weighted by atomic mass is 32.2. The lowest BCUT2D eigenvalue weighted by Gasteiger charge is -2.42. The second-order valence-corrected chi connectivity index (χ2v) is 10.5. The van der Waals surface area contributed by atoms with Crippen LogP contribution in [0.25, 0.3) is 0 Å². The van der Waals surface area contributed by atoms with Crippen LogP contribution in [0.1, 0.15) is 43.2 Å². The van der Waals surface area contributed by atoms with E-state index in [-0.39, 0.29) is 17.9 Å². The lowest BCUT2D eigenvalue weighted by Crippen LogP contribution is -2.49. The van der Waals surface area contributed by atoms with Gasteiger partial charge < -0.3 is 9.80 Å². The van der Waals surface area contributed by atoms with Crippen LogP contribution in [0.4, 0.5) is 4.39 Å². The van der Waals surface area contributed by atoms with E-state index in [4.69, 9.17) is 0 Å². The van der Waals surface area contributed by atoms with Crippen LogP contribution in [0.2, 0.25) is 0 Å². The van der Waals surface area contributed by atoms with Gasteiger partial charge in [0.25, 0.3) is 0 Å². The molecule has 0 radical (unpaired) electrons. The molecular weight excluding hydrogens is 401 g/mol. The molecular formula is C23H30FN3O2S. The average Bonchev–Trinajstić information content (AvgIpc) is 2.95. The zero-order chi connectivity index (χ0) is 21.3. The van der Waals surface area contributed by atoms with Gasteiger partial charge in [0.15, 0.2) is 0 Å². The maximum Gasteiger partial charge on any atom is 0.209 e. The highest BCUT2D eigenvalue weighted by molar-refractivity contribution is 7.88. The lowest BCUT2D eigenvalue weighted by molar-refractivity contribution is 0.142. The van der Waals surface area contributed by atoms with Gasteiger partial charge in [0, 0.05) is 31.6 Å². The van der Waals surface area contributed by atoms with E-state index < -0.39 is 10.0 Å². The maximum absolute atomic E-state index is 15.2. The molecule has 1 saturated carbocycles. The first-order valence-corrected chi connectivity index (χ1v) is 12.7. The summed E-state index contributed by atoms with van der Waals surface area (Å²) in [6.45, 7) is 6.88. The molecule has 0 bridgehead atoms. The molecule has 2 heterocycles. The molecule has 2 saturated heterocycles. The quantitative estimate of drug-likeness (QED) is 0.704. The van der Waals surface area contributed by atoms with Crippen molar-refractivity contribution in [2.75, 3.05) is 25.9 Å². The van der Waals surface area contributed by atoms with Gasteiger partial charge in [-0.25, -0.2) is 17.5 Å². The molecule has 1 N–H and O–H groups in total. The van der Waals surface area contributed by atoms with Crippen LogP contribution >= 0.6 is 0 Å². The Morgan fingerprint density at radius 2 is 2.00 bits per heavy atom. The summed E-state index contributed by atoms with van der Waals surface area (Å²) in [4.78, 5) is 4.35. The van der Waals surface area contributed by atoms with Gasteiger partial charge in [-0.3, -0.25) is 0 Å². The number of benzene rings is 1. The molecule has 7 heteroatoms. The smallest absolute Gasteiger partial charge is 0.209 e. The minimum absolute atomic E-state index is 0.183. The van der Waals surface area contributed by atoms with Gasteiger partial charge in [-0.15, -0.1) is 0 Å². The summed E-state index contributed by atoms with van der Waals surface area (Å²) < 4.78 is 41.8. The Bertz CT molecular complexity index is 974. The average molecular weight is 432 g/mol. The first-order valence-electron chi connectivity index (χ1n) is 10.8. The van der Waals surface area contributed by atoms with Crippen molar-refractivity contribution in [3.8, 4) is 11.8 Å². The van der Waals surface area contributed by atoms with Gasteiger partial charge in [0.1, 0.15) is 5.82 Å². The van der Waals surface area contributed by atoms with E-state index in [1.54, 1.807) is 12.1 Å². The van der Waals surface area contributed by atoms with Crippen molar-refractivity contribution in [3.63, 3.8) is 0 Å². The largest absolute Gasteiger partial charge is 0.359 e. The van der Waals surface area contributed by atoms with Crippen molar-refractivity contribution in [2.24, 2.45) is 5.92 Å². The maximum atomic E-state index is 15.2. The number of nitrogens with zero attached hydrogens (tertiary/aromatic N) is 2. The third-order valence-corrected chi connectivity index (χ3v) is 7.22. The number of halogens is 1. The van der Waals surface area contributed by atoms with E-state index in [9.17, 15) is 8.42 Å². The number of rotatable bonds is 6. The molecule has 2 atom stereocenters. The predicted octanol–water partition coefficient (Wildman–Crippen LogP) is 2.69. The Morgan fingerprint density at radius 1 is 1.23 bits per heavy atom. The fraction of sp³-hybridized carbons (Fsp3) is 0.565. The first kappa shape index (κ1) is 21.2. The van der Waals surface area contributed by atoms with Crippen molar-refractivity contribution in [3.05, 3.63) is 47.5 Å². The van der Waals surface area contributed by atoms with Crippen molar-refractivity contribution in [1.82, 2.24) is 14.5 Å². The van der Waals surface area contributed by atoms with Crippen LogP contribution in [0.5, 0.6) is 0 Å². The number of likely N-dealkylation sites (tertiary alicyclic amines) is 2. The molecule has 1 aliphatic carbocycles. The number of hydrogen-bond donors (Lipinski definition) is 1. The Morgan fingerprint density at radius 3 is 2.60 bits per heavy atom. The molecule has 0 unspecified atom stereocenters. The van der Waals surface area contributed by atoms with Crippen LogP contribution in [0, 0.1) is 23.6 Å². The second kappa shape index (κ2) is 8.60. The van der Waals surface area contributed by atoms with Crippen molar-refractivity contribution < 1.29 is 12.8 Å². The molecule has 0 amide bonds. The fourth-order valence-electron chi connectivity index (χ4n) is 4.39. The zero-order valence-corrected chi connectivity index (χ0v) is 18.3. The van der Waals surface area contributed by atoms with E-state index in [0.29, 0.717) is 36.4 Å². The summed E-state index contributed by atoms with van der Waals surface area (Å²) in [5, 5.41) is 0. The summed E-state index contributed by atoms with van der Waals surface area (Å²) >= 11 is 0. The normalized spacial score (nSPS) is 24.1. The van der Waals surface area contributed by atoms with Crippen LogP contribution in [0.15, 0.2) is 30.6 Å². The third-order valence-electron chi connectivity index (χ3n) is 6.49. The highest BCUT2D eigenvalue weighted by Crippen LogP contribution is 2.30. The minimum Gasteiger partial charge on any atom is -0.359 e. The van der Waals surface area contributed by atoms with Gasteiger partial charge in [0.05, 0.1) is 23.7 Å². The van der Waals surface area contributed by atoms with Gasteiger partial charge in [0.2, 0.25) is 10.0 Å². The molecule has 1 aromatic rings. The summed E-state index contributed by atoms with van der Waals surface area (Å²) in [5.74, 6) is 7.22. The molecule has 0 aromatic heterocycles. The minimum atomic E-state index is -3.36. The molecule has 1 aromatic carbocycles. The molecule has 0 spiro atoms. The molecule has 162 valence electrons. The molecule has 3 aliphatic rings. The van der Waals surface area contributed by atoms with E-state index in [1.165, 1.54) is 12.7 Å². The Labute approximate surface area is 179 Å². The number of sulfonamides is 1. The number of nitrogens with one attached hydrogen (secondary N) is 1. The van der Waals surface area contributed by atoms with E-state index >= 15 is 4.39 Å². The van der Waals surface area contributed by atoms with Gasteiger partial charge in [-0.1, -0.05) is 37.0 Å². The van der Waals surface area contributed by atoms with Crippen molar-refractivity contribution in [2.45, 2.75) is 50.6 Å². The Balaban J connectivity index is 1.57. The highest BCUT2D eigenvalue weighted by Gasteiger charge is 2.38. The molecule has 2 aliphatic heterocycles. The number of hydrogen-bond acceptors (Lipinski definition) is 4. The first-order chi connectivity index (χ1) is 14.3. The summed E-state index contributed by atoms with van der Waals surface area (Å²) in [6.07, 6.45) is 6.80. The molecule has 4 rings (SSSR count). The molecule has 3 fully saturated rings. The summed E-state index contributed by atoms with van der Waals surface area (Å²) in [6, 6.07) is 4.89. The fourth-order valence-corrected chi connectivity index (χ4v) is 5.21. The van der Waals surface area contributed by atoms with Gasteiger partial charge >= 0.3 is 0 Å². The van der Waals surface area contributed by atoms with E-state index in [2.05, 4.69) is 32.9 Å². The zero-order valence-electron chi connectivity index (χ0n) is 17.5. The Kier molecular flexibility index (Phi) is 6.08. The molecule has 30 heavy (non-hydrogen) atoms. The summed E-state index contributed by atoms with van der Waals surface area (Å²) in [5.41, 5.74) is 1.00. The van der Waals surface area contributed by atoms with Crippen molar-refractivity contribution in [1.29, 1.82) is 0 Å². The third kappa shape index (κ3) is 4.65. The standard InChI is InChI=1S/C23H30FN3O2S/c1-17(26-13-5-14-26)27-15-12-21(25-30(2,28)29)22(27)16-20-9-4-8-19(23(20)24)11-10-18-6-3-7-18/h4,8-9,18,21-22,25H,1,3,5-7,12-16H2,2H3/t21-,22-/m0/s1.